The maximum Gasteiger partial charge on any atom is 0.256 e. The maximum absolute atomic E-state index is 13.6. The Morgan fingerprint density at radius 1 is 1.15 bits per heavy atom. The second kappa shape index (κ2) is 9.36. The third-order valence-electron chi connectivity index (χ3n) is 4.72. The summed E-state index contributed by atoms with van der Waals surface area (Å²) < 4.78 is 27.1. The Balaban J connectivity index is 2.19. The van der Waals surface area contributed by atoms with E-state index in [4.69, 9.17) is 0 Å². The molecule has 1 fully saturated rings. The number of halogens is 2. The van der Waals surface area contributed by atoms with Crippen LogP contribution in [0.4, 0.5) is 8.78 Å². The normalized spacial score (nSPS) is 29.7. The lowest BCUT2D eigenvalue weighted by Crippen LogP contribution is -2.71. The van der Waals surface area contributed by atoms with E-state index in [1.165, 1.54) is 0 Å². The fraction of sp³-hybridized carbons (Fsp3) is 0.611. The monoisotopic (exact) mass is 372 g/mol. The fourth-order valence-corrected chi connectivity index (χ4v) is 3.45. The van der Waals surface area contributed by atoms with Gasteiger partial charge in [-0.2, -0.15) is 0 Å². The van der Waals surface area contributed by atoms with Crippen molar-refractivity contribution in [1.29, 1.82) is 0 Å². The second-order valence-corrected chi connectivity index (χ2v) is 6.46. The maximum atomic E-state index is 13.6. The Morgan fingerprint density at radius 2 is 1.81 bits per heavy atom. The van der Waals surface area contributed by atoms with E-state index < -0.39 is 42.7 Å². The number of hydrogen-bond acceptors (Lipinski definition) is 5. The molecule has 0 aliphatic carbocycles. The van der Waals surface area contributed by atoms with Crippen molar-refractivity contribution in [3.63, 3.8) is 0 Å². The van der Waals surface area contributed by atoms with Gasteiger partial charge < -0.3 is 20.6 Å². The molecule has 4 N–H and O–H groups in total. The van der Waals surface area contributed by atoms with Crippen LogP contribution in [0.5, 0.6) is 0 Å². The van der Waals surface area contributed by atoms with Crippen LogP contribution in [0.2, 0.25) is 0 Å². The number of aryl methyl sites for hydroxylation is 1. The van der Waals surface area contributed by atoms with Crippen molar-refractivity contribution in [2.75, 3.05) is 13.1 Å². The van der Waals surface area contributed by atoms with E-state index in [0.29, 0.717) is 12.8 Å². The van der Waals surface area contributed by atoms with Crippen molar-refractivity contribution in [3.05, 3.63) is 35.9 Å². The summed E-state index contributed by atoms with van der Waals surface area (Å²) in [6.45, 7) is 2.01. The first kappa shape index (κ1) is 20.7. The number of nitrogens with zero attached hydrogens (tertiary/aromatic N) is 1. The average molecular weight is 372 g/mol. The van der Waals surface area contributed by atoms with Crippen LogP contribution in [0, 0.1) is 0 Å². The molecule has 26 heavy (non-hydrogen) atoms. The summed E-state index contributed by atoms with van der Waals surface area (Å²) in [7, 11) is 0. The Bertz CT molecular complexity index is 576. The first-order valence-corrected chi connectivity index (χ1v) is 8.78. The topological polar surface area (TPSA) is 93.0 Å². The van der Waals surface area contributed by atoms with Crippen LogP contribution >= 0.6 is 0 Å². The van der Waals surface area contributed by atoms with E-state index >= 15 is 0 Å². The molecule has 1 heterocycles. The molecule has 0 spiro atoms. The van der Waals surface area contributed by atoms with Crippen LogP contribution in [0.1, 0.15) is 18.9 Å². The number of aliphatic hydroxyl groups excluding tert-OH is 3. The quantitative estimate of drug-likeness (QED) is 0.547. The highest BCUT2D eigenvalue weighted by Crippen LogP contribution is 2.29. The summed E-state index contributed by atoms with van der Waals surface area (Å²) in [5.74, 6) is -0.642. The largest absolute Gasteiger partial charge is 0.388 e. The van der Waals surface area contributed by atoms with Crippen molar-refractivity contribution in [1.82, 2.24) is 10.2 Å². The lowest BCUT2D eigenvalue weighted by molar-refractivity contribution is -0.192. The number of rotatable bonds is 7. The predicted molar refractivity (Wildman–Crippen MR) is 91.8 cm³/mol. The fourth-order valence-electron chi connectivity index (χ4n) is 3.45. The first-order valence-electron chi connectivity index (χ1n) is 8.78. The molecule has 0 unspecified atom stereocenters. The van der Waals surface area contributed by atoms with E-state index in [2.05, 4.69) is 5.32 Å². The Kier molecular flexibility index (Phi) is 7.45. The lowest BCUT2D eigenvalue weighted by Gasteiger charge is -2.48. The molecule has 0 aromatic heterocycles. The minimum Gasteiger partial charge on any atom is -0.388 e. The van der Waals surface area contributed by atoms with Gasteiger partial charge in [0.1, 0.15) is 30.4 Å². The number of benzene rings is 1. The third-order valence-corrected chi connectivity index (χ3v) is 4.72. The van der Waals surface area contributed by atoms with Crippen molar-refractivity contribution in [2.45, 2.75) is 56.6 Å². The summed E-state index contributed by atoms with van der Waals surface area (Å²) in [6.07, 6.45) is -7.22. The molecule has 0 bridgehead atoms. The zero-order chi connectivity index (χ0) is 19.3. The molecule has 0 saturated carbocycles. The van der Waals surface area contributed by atoms with Gasteiger partial charge in [0.05, 0.1) is 0 Å². The minimum atomic E-state index is -2.97. The molecule has 1 aromatic carbocycles. The van der Waals surface area contributed by atoms with Gasteiger partial charge in [0.2, 0.25) is 5.91 Å². The van der Waals surface area contributed by atoms with Gasteiger partial charge in [-0.25, -0.2) is 8.78 Å². The standard InChI is InChI=1S/C18H26F2N2O4/c1-2-21-18(26)13-15(24)16(25)14(23)12(17(19)20)22(13)10-6-9-11-7-4-3-5-8-11/h3-5,7-8,12-17,23-25H,2,6,9-10H2,1H3,(H,21,26)/t12-,13-,14+,15+,16-/m0/s1. The Labute approximate surface area is 151 Å². The zero-order valence-corrected chi connectivity index (χ0v) is 14.6. The molecule has 6 nitrogen and oxygen atoms in total. The molecular weight excluding hydrogens is 346 g/mol. The van der Waals surface area contributed by atoms with Gasteiger partial charge in [-0.3, -0.25) is 9.69 Å². The number of nitrogens with one attached hydrogen (secondary N) is 1. The van der Waals surface area contributed by atoms with Gasteiger partial charge in [0.15, 0.2) is 0 Å². The van der Waals surface area contributed by atoms with Crippen LogP contribution < -0.4 is 5.32 Å². The molecule has 1 saturated heterocycles. The van der Waals surface area contributed by atoms with Crippen LogP contribution in [0.25, 0.3) is 0 Å². The van der Waals surface area contributed by atoms with E-state index in [1.54, 1.807) is 6.92 Å². The van der Waals surface area contributed by atoms with E-state index in [-0.39, 0.29) is 13.1 Å². The highest BCUT2D eigenvalue weighted by atomic mass is 19.3. The summed E-state index contributed by atoms with van der Waals surface area (Å²) in [5, 5.41) is 32.7. The Hall–Kier alpha value is -1.61. The summed E-state index contributed by atoms with van der Waals surface area (Å²) >= 11 is 0. The second-order valence-electron chi connectivity index (χ2n) is 6.46. The van der Waals surface area contributed by atoms with E-state index in [9.17, 15) is 28.9 Å². The molecule has 1 aliphatic heterocycles. The molecule has 0 radical (unpaired) electrons. The number of hydrogen-bond donors (Lipinski definition) is 4. The number of carbonyl (C=O) groups excluding carboxylic acids is 1. The van der Waals surface area contributed by atoms with Gasteiger partial charge >= 0.3 is 0 Å². The number of amides is 1. The van der Waals surface area contributed by atoms with Crippen molar-refractivity contribution >= 4 is 5.91 Å². The first-order chi connectivity index (χ1) is 12.4. The number of likely N-dealkylation sites (tertiary alicyclic amines) is 1. The van der Waals surface area contributed by atoms with Crippen LogP contribution in [-0.2, 0) is 11.2 Å². The molecular formula is C18H26F2N2O4. The highest BCUT2D eigenvalue weighted by Gasteiger charge is 2.53. The minimum absolute atomic E-state index is 0.0759. The number of carbonyl (C=O) groups is 1. The third kappa shape index (κ3) is 4.56. The van der Waals surface area contributed by atoms with Gasteiger partial charge in [-0.1, -0.05) is 30.3 Å². The SMILES string of the molecule is CCNC(=O)[C@@H]1[C@@H](O)[C@@H](O)[C@H](O)[C@@H](C(F)F)N1CCCc1ccccc1. The smallest absolute Gasteiger partial charge is 0.256 e. The van der Waals surface area contributed by atoms with Gasteiger partial charge in [-0.15, -0.1) is 0 Å². The molecule has 2 rings (SSSR count). The van der Waals surface area contributed by atoms with Gasteiger partial charge in [0, 0.05) is 6.54 Å². The molecule has 1 amide bonds. The molecule has 1 aliphatic rings. The zero-order valence-electron chi connectivity index (χ0n) is 14.6. The summed E-state index contributed by atoms with van der Waals surface area (Å²) in [6, 6.07) is 6.38. The molecule has 8 heteroatoms. The highest BCUT2D eigenvalue weighted by molar-refractivity contribution is 5.82. The predicted octanol–water partition coefficient (Wildman–Crippen LogP) is 0.156. The molecule has 1 aromatic rings. The van der Waals surface area contributed by atoms with E-state index in [0.717, 1.165) is 10.5 Å². The van der Waals surface area contributed by atoms with Gasteiger partial charge in [0.25, 0.3) is 6.43 Å². The van der Waals surface area contributed by atoms with Crippen LogP contribution in [-0.4, -0.2) is 76.0 Å². The summed E-state index contributed by atoms with van der Waals surface area (Å²) in [4.78, 5) is 13.4. The Morgan fingerprint density at radius 3 is 2.38 bits per heavy atom. The number of aliphatic hydroxyl groups is 3. The average Bonchev–Trinajstić information content (AvgIpc) is 2.60. The number of likely N-dealkylation sites (N-methyl/N-ethyl adjacent to an activating group) is 1. The van der Waals surface area contributed by atoms with Crippen molar-refractivity contribution < 1.29 is 28.9 Å². The number of alkyl halides is 2. The lowest BCUT2D eigenvalue weighted by atomic mass is 9.87. The van der Waals surface area contributed by atoms with Crippen LogP contribution in [0.15, 0.2) is 30.3 Å². The summed E-state index contributed by atoms with van der Waals surface area (Å²) in [5.41, 5.74) is 1.02. The number of piperidine rings is 1. The molecule has 5 atom stereocenters. The van der Waals surface area contributed by atoms with Crippen molar-refractivity contribution in [2.24, 2.45) is 0 Å². The van der Waals surface area contributed by atoms with E-state index in [1.807, 2.05) is 30.3 Å². The van der Waals surface area contributed by atoms with Crippen molar-refractivity contribution in [3.8, 4) is 0 Å². The van der Waals surface area contributed by atoms with Gasteiger partial charge in [-0.05, 0) is 31.9 Å². The molecule has 146 valence electrons. The van der Waals surface area contributed by atoms with Crippen LogP contribution in [0.3, 0.4) is 0 Å².